The van der Waals surface area contributed by atoms with Gasteiger partial charge >= 0.3 is 0 Å². The van der Waals surface area contributed by atoms with E-state index in [4.69, 9.17) is 0 Å². The van der Waals surface area contributed by atoms with Crippen LogP contribution in [-0.2, 0) is 0 Å². The van der Waals surface area contributed by atoms with Gasteiger partial charge in [-0.25, -0.2) is 13.2 Å². The molecule has 0 aromatic heterocycles. The van der Waals surface area contributed by atoms with Crippen LogP contribution >= 0.6 is 0 Å². The Labute approximate surface area is 65.2 Å². The van der Waals surface area contributed by atoms with Crippen LogP contribution in [0.5, 0.6) is 0 Å². The predicted octanol–water partition coefficient (Wildman–Crippen LogP) is 0.467. The number of rotatable bonds is 1. The third-order valence-corrected chi connectivity index (χ3v) is 1.26. The highest BCUT2D eigenvalue weighted by Crippen LogP contribution is 2.13. The van der Waals surface area contributed by atoms with Gasteiger partial charge in [-0.15, -0.1) is 0 Å². The van der Waals surface area contributed by atoms with E-state index in [1.165, 1.54) is 0 Å². The Balaban J connectivity index is 3.36. The van der Waals surface area contributed by atoms with Gasteiger partial charge in [0.25, 0.3) is 0 Å². The average Bonchev–Trinajstić information content (AvgIpc) is 2.00. The first kappa shape index (κ1) is 8.58. The molecule has 1 rings (SSSR count). The van der Waals surface area contributed by atoms with E-state index in [1.807, 2.05) is 0 Å². The molecule has 0 aliphatic heterocycles. The molecule has 64 valence electrons. The predicted molar refractivity (Wildman–Crippen MR) is 30.6 cm³/mol. The van der Waals surface area contributed by atoms with Crippen molar-refractivity contribution in [1.82, 2.24) is 0 Å². The number of carboxylic acids is 1. The van der Waals surface area contributed by atoms with E-state index in [1.54, 1.807) is 0 Å². The van der Waals surface area contributed by atoms with Crippen molar-refractivity contribution in [2.45, 2.75) is 0 Å². The molecule has 0 fully saturated rings. The summed E-state index contributed by atoms with van der Waals surface area (Å²) in [5, 5.41) is 10.0. The van der Waals surface area contributed by atoms with E-state index in [2.05, 4.69) is 0 Å². The van der Waals surface area contributed by atoms with E-state index >= 15 is 0 Å². The molecule has 0 bridgehead atoms. The molecule has 0 aliphatic rings. The summed E-state index contributed by atoms with van der Waals surface area (Å²) < 4.78 is 37.0. The molecule has 0 spiro atoms. The van der Waals surface area contributed by atoms with Crippen molar-refractivity contribution in [2.75, 3.05) is 0 Å². The van der Waals surface area contributed by atoms with Crippen molar-refractivity contribution in [3.63, 3.8) is 0 Å². The summed E-state index contributed by atoms with van der Waals surface area (Å²) in [4.78, 5) is 10.0. The topological polar surface area (TPSA) is 40.1 Å². The van der Waals surface area contributed by atoms with Crippen LogP contribution in [-0.4, -0.2) is 5.97 Å². The molecule has 0 saturated carbocycles. The van der Waals surface area contributed by atoms with Crippen LogP contribution in [0.3, 0.4) is 0 Å². The molecule has 12 heavy (non-hydrogen) atoms. The second kappa shape index (κ2) is 2.84. The molecule has 1 aromatic carbocycles. The van der Waals surface area contributed by atoms with Gasteiger partial charge in [-0.2, -0.15) is 0 Å². The molecule has 0 unspecified atom stereocenters. The fourth-order valence-corrected chi connectivity index (χ4v) is 0.684. The summed E-state index contributed by atoms with van der Waals surface area (Å²) in [5.41, 5.74) is -0.992. The Kier molecular flexibility index (Phi) is 2.03. The van der Waals surface area contributed by atoms with Crippen LogP contribution < -0.4 is 5.11 Å². The largest absolute Gasteiger partial charge is 0.545 e. The van der Waals surface area contributed by atoms with Gasteiger partial charge in [-0.3, -0.25) is 0 Å². The van der Waals surface area contributed by atoms with Gasteiger partial charge in [0, 0.05) is 5.56 Å². The lowest BCUT2D eigenvalue weighted by atomic mass is 10.2. The van der Waals surface area contributed by atoms with Gasteiger partial charge in [0.2, 0.25) is 0 Å². The molecule has 5 heteroatoms. The van der Waals surface area contributed by atoms with E-state index in [0.29, 0.717) is 12.1 Å². The first-order valence-electron chi connectivity index (χ1n) is 2.89. The Morgan fingerprint density at radius 3 is 2.25 bits per heavy atom. The number of carbonyl (C=O) groups excluding carboxylic acids is 1. The highest BCUT2D eigenvalue weighted by atomic mass is 19.2. The summed E-state index contributed by atoms with van der Waals surface area (Å²) >= 11 is 0. The monoisotopic (exact) mass is 175 g/mol. The zero-order chi connectivity index (χ0) is 9.30. The minimum Gasteiger partial charge on any atom is -0.545 e. The zero-order valence-corrected chi connectivity index (χ0v) is 5.61. The number of hydrogen-bond acceptors (Lipinski definition) is 2. The Morgan fingerprint density at radius 2 is 1.75 bits per heavy atom. The van der Waals surface area contributed by atoms with E-state index in [0.717, 1.165) is 0 Å². The number of aromatic carboxylic acids is 1. The van der Waals surface area contributed by atoms with Crippen molar-refractivity contribution >= 4 is 5.97 Å². The molecular formula is C7H2F3O2-. The minimum absolute atomic E-state index is 0.517. The molecule has 1 aromatic rings. The van der Waals surface area contributed by atoms with Gasteiger partial charge in [0.05, 0.1) is 5.97 Å². The number of halogens is 3. The SMILES string of the molecule is O=C([O-])c1ccc(F)c(F)c1F. The zero-order valence-electron chi connectivity index (χ0n) is 5.61. The van der Waals surface area contributed by atoms with Gasteiger partial charge in [0.1, 0.15) is 0 Å². The normalized spacial score (nSPS) is 9.92. The number of carboxylic acid groups (broad SMARTS) is 1. The number of hydrogen-bond donors (Lipinski definition) is 0. The Morgan fingerprint density at radius 1 is 1.17 bits per heavy atom. The van der Waals surface area contributed by atoms with E-state index in [-0.39, 0.29) is 0 Å². The maximum Gasteiger partial charge on any atom is 0.195 e. The van der Waals surface area contributed by atoms with Gasteiger partial charge < -0.3 is 9.90 Å². The first-order valence-corrected chi connectivity index (χ1v) is 2.89. The Bertz CT molecular complexity index is 336. The summed E-state index contributed by atoms with van der Waals surface area (Å²) in [6.07, 6.45) is 0. The molecule has 0 atom stereocenters. The third kappa shape index (κ3) is 1.25. The molecule has 2 nitrogen and oxygen atoms in total. The minimum atomic E-state index is -1.88. The van der Waals surface area contributed by atoms with Crippen LogP contribution in [0.25, 0.3) is 0 Å². The fraction of sp³-hybridized carbons (Fsp3) is 0. The molecular weight excluding hydrogens is 173 g/mol. The summed E-state index contributed by atoms with van der Waals surface area (Å²) in [5.74, 6) is -6.87. The van der Waals surface area contributed by atoms with Crippen LogP contribution in [0.2, 0.25) is 0 Å². The Hall–Kier alpha value is -1.52. The lowest BCUT2D eigenvalue weighted by molar-refractivity contribution is -0.255. The number of carbonyl (C=O) groups is 1. The van der Waals surface area contributed by atoms with Crippen molar-refractivity contribution in [3.8, 4) is 0 Å². The van der Waals surface area contributed by atoms with Gasteiger partial charge in [0.15, 0.2) is 17.5 Å². The second-order valence-corrected chi connectivity index (χ2v) is 2.01. The summed E-state index contributed by atoms with van der Waals surface area (Å²) in [6, 6.07) is 1.12. The highest BCUT2D eigenvalue weighted by molar-refractivity contribution is 5.86. The second-order valence-electron chi connectivity index (χ2n) is 2.01. The standard InChI is InChI=1S/C7H3F3O2/c8-4-2-1-3(7(11)12)5(9)6(4)10/h1-2H,(H,11,12)/p-1. The van der Waals surface area contributed by atoms with Crippen LogP contribution in [0.4, 0.5) is 13.2 Å². The van der Waals surface area contributed by atoms with Gasteiger partial charge in [-0.1, -0.05) is 0 Å². The van der Waals surface area contributed by atoms with Crippen LogP contribution in [0.15, 0.2) is 12.1 Å². The number of benzene rings is 1. The van der Waals surface area contributed by atoms with Crippen molar-refractivity contribution in [3.05, 3.63) is 35.1 Å². The van der Waals surface area contributed by atoms with Crippen LogP contribution in [0, 0.1) is 17.5 Å². The smallest absolute Gasteiger partial charge is 0.195 e. The van der Waals surface area contributed by atoms with E-state index < -0.39 is 29.0 Å². The maximum absolute atomic E-state index is 12.5. The van der Waals surface area contributed by atoms with Gasteiger partial charge in [-0.05, 0) is 12.1 Å². The molecule has 0 amide bonds. The third-order valence-electron chi connectivity index (χ3n) is 1.26. The quantitative estimate of drug-likeness (QED) is 0.582. The lowest BCUT2D eigenvalue weighted by Gasteiger charge is -2.03. The molecule has 0 radical (unpaired) electrons. The molecule has 0 heterocycles. The molecule has 0 aliphatic carbocycles. The molecule has 0 saturated heterocycles. The highest BCUT2D eigenvalue weighted by Gasteiger charge is 2.13. The fourth-order valence-electron chi connectivity index (χ4n) is 0.684. The van der Waals surface area contributed by atoms with Crippen molar-refractivity contribution in [1.29, 1.82) is 0 Å². The molecule has 0 N–H and O–H groups in total. The average molecular weight is 175 g/mol. The van der Waals surface area contributed by atoms with E-state index in [9.17, 15) is 23.1 Å². The maximum atomic E-state index is 12.5. The summed E-state index contributed by atoms with van der Waals surface area (Å²) in [7, 11) is 0. The first-order chi connectivity index (χ1) is 5.54. The van der Waals surface area contributed by atoms with Crippen LogP contribution in [0.1, 0.15) is 10.4 Å². The summed E-state index contributed by atoms with van der Waals surface area (Å²) in [6.45, 7) is 0. The van der Waals surface area contributed by atoms with Crippen molar-refractivity contribution < 1.29 is 23.1 Å². The lowest BCUT2D eigenvalue weighted by Crippen LogP contribution is -2.24. The van der Waals surface area contributed by atoms with Crippen molar-refractivity contribution in [2.24, 2.45) is 0 Å².